The normalized spacial score (nSPS) is 27.9. The van der Waals surface area contributed by atoms with Gasteiger partial charge in [0.2, 0.25) is 0 Å². The fraction of sp³-hybridized carbons (Fsp3) is 0.950. The summed E-state index contributed by atoms with van der Waals surface area (Å²) in [7, 11) is 1.71. The monoisotopic (exact) mass is 370 g/mol. The molecule has 0 aromatic heterocycles. The molecule has 26 heavy (non-hydrogen) atoms. The number of nitrogens with zero attached hydrogens (tertiary/aromatic N) is 1. The van der Waals surface area contributed by atoms with Crippen molar-refractivity contribution in [3.8, 4) is 0 Å². The number of rotatable bonds is 7. The van der Waals surface area contributed by atoms with E-state index in [0.29, 0.717) is 25.2 Å². The third kappa shape index (κ3) is 7.80. The molecule has 1 aliphatic carbocycles. The number of hydrogen-bond donors (Lipinski definition) is 1. The van der Waals surface area contributed by atoms with Gasteiger partial charge in [0.05, 0.1) is 19.3 Å². The van der Waals surface area contributed by atoms with Crippen LogP contribution in [-0.4, -0.2) is 68.7 Å². The molecule has 0 aromatic carbocycles. The molecule has 0 bridgehead atoms. The molecule has 6 nitrogen and oxygen atoms in total. The molecule has 1 saturated heterocycles. The second-order valence-electron chi connectivity index (χ2n) is 8.68. The van der Waals surface area contributed by atoms with E-state index in [-0.39, 0.29) is 12.1 Å². The van der Waals surface area contributed by atoms with E-state index in [2.05, 4.69) is 10.2 Å². The molecule has 2 rings (SSSR count). The molecule has 1 saturated carbocycles. The molecule has 152 valence electrons. The van der Waals surface area contributed by atoms with Crippen LogP contribution in [0.5, 0.6) is 0 Å². The molecule has 0 aromatic rings. The number of carbonyl (C=O) groups excluding carboxylic acids is 1. The van der Waals surface area contributed by atoms with E-state index >= 15 is 0 Å². The zero-order valence-corrected chi connectivity index (χ0v) is 17.1. The molecule has 6 heteroatoms. The first-order valence-corrected chi connectivity index (χ1v) is 10.2. The topological polar surface area (TPSA) is 60.0 Å². The Balaban J connectivity index is 1.82. The largest absolute Gasteiger partial charge is 0.444 e. The van der Waals surface area contributed by atoms with Crippen molar-refractivity contribution < 1.29 is 19.0 Å². The van der Waals surface area contributed by atoms with Crippen LogP contribution in [0.25, 0.3) is 0 Å². The summed E-state index contributed by atoms with van der Waals surface area (Å²) in [5.74, 6) is 0.494. The summed E-state index contributed by atoms with van der Waals surface area (Å²) in [5, 5.41) is 3.13. The zero-order valence-electron chi connectivity index (χ0n) is 17.1. The Bertz CT molecular complexity index is 425. The molecule has 1 amide bonds. The number of piperidine rings is 1. The van der Waals surface area contributed by atoms with Crippen molar-refractivity contribution in [3.05, 3.63) is 0 Å². The summed E-state index contributed by atoms with van der Waals surface area (Å²) in [5.41, 5.74) is -0.451. The minimum atomic E-state index is -0.451. The third-order valence-corrected chi connectivity index (χ3v) is 5.21. The van der Waals surface area contributed by atoms with Gasteiger partial charge in [0.25, 0.3) is 0 Å². The maximum Gasteiger partial charge on any atom is 0.407 e. The smallest absolute Gasteiger partial charge is 0.407 e. The molecular formula is C20H38N2O4. The number of hydrogen-bond acceptors (Lipinski definition) is 5. The summed E-state index contributed by atoms with van der Waals surface area (Å²) < 4.78 is 16.5. The number of nitrogens with one attached hydrogen (secondary N) is 1. The average Bonchev–Trinajstić information content (AvgIpc) is 2.56. The minimum absolute atomic E-state index is 0.216. The predicted molar refractivity (Wildman–Crippen MR) is 102 cm³/mol. The van der Waals surface area contributed by atoms with Gasteiger partial charge in [-0.2, -0.15) is 0 Å². The highest BCUT2D eigenvalue weighted by Gasteiger charge is 2.31. The van der Waals surface area contributed by atoms with E-state index in [9.17, 15) is 4.79 Å². The fourth-order valence-corrected chi connectivity index (χ4v) is 4.02. The SMILES string of the molecule is COCCO[C@@H]1CCCN(CC2CCCCC2NC(=O)OC(C)(C)C)C1. The quantitative estimate of drug-likeness (QED) is 0.698. The number of likely N-dealkylation sites (tertiary alicyclic amines) is 1. The number of amides is 1. The van der Waals surface area contributed by atoms with Crippen molar-refractivity contribution in [1.29, 1.82) is 0 Å². The fourth-order valence-electron chi connectivity index (χ4n) is 4.02. The Morgan fingerprint density at radius 3 is 2.62 bits per heavy atom. The lowest BCUT2D eigenvalue weighted by Gasteiger charge is -2.39. The molecular weight excluding hydrogens is 332 g/mol. The van der Waals surface area contributed by atoms with Gasteiger partial charge >= 0.3 is 6.09 Å². The van der Waals surface area contributed by atoms with Gasteiger partial charge < -0.3 is 24.4 Å². The lowest BCUT2D eigenvalue weighted by atomic mass is 9.84. The van der Waals surface area contributed by atoms with Gasteiger partial charge in [-0.1, -0.05) is 12.8 Å². The summed E-state index contributed by atoms with van der Waals surface area (Å²) in [4.78, 5) is 14.7. The first-order valence-electron chi connectivity index (χ1n) is 10.2. The Morgan fingerprint density at radius 2 is 1.88 bits per heavy atom. The van der Waals surface area contributed by atoms with Crippen LogP contribution >= 0.6 is 0 Å². The zero-order chi connectivity index (χ0) is 19.0. The average molecular weight is 371 g/mol. The Labute approximate surface area is 158 Å². The predicted octanol–water partition coefficient (Wildman–Crippen LogP) is 3.20. The molecule has 2 aliphatic rings. The van der Waals surface area contributed by atoms with Crippen LogP contribution in [0, 0.1) is 5.92 Å². The lowest BCUT2D eigenvalue weighted by Crippen LogP contribution is -2.50. The van der Waals surface area contributed by atoms with Gasteiger partial charge in [-0.15, -0.1) is 0 Å². The Kier molecular flexibility index (Phi) is 8.64. The van der Waals surface area contributed by atoms with Gasteiger partial charge in [-0.05, 0) is 58.9 Å². The third-order valence-electron chi connectivity index (χ3n) is 5.21. The maximum absolute atomic E-state index is 12.2. The second kappa shape index (κ2) is 10.5. The molecule has 2 fully saturated rings. The van der Waals surface area contributed by atoms with Crippen molar-refractivity contribution >= 4 is 6.09 Å². The van der Waals surface area contributed by atoms with Gasteiger partial charge in [-0.3, -0.25) is 0 Å². The van der Waals surface area contributed by atoms with Crippen LogP contribution in [0.4, 0.5) is 4.79 Å². The van der Waals surface area contributed by atoms with Crippen molar-refractivity contribution in [3.63, 3.8) is 0 Å². The van der Waals surface area contributed by atoms with Gasteiger partial charge in [-0.25, -0.2) is 4.79 Å². The van der Waals surface area contributed by atoms with E-state index in [0.717, 1.165) is 32.5 Å². The Hall–Kier alpha value is -0.850. The first kappa shape index (κ1) is 21.5. The molecule has 0 radical (unpaired) electrons. The number of carbonyl (C=O) groups is 1. The van der Waals surface area contributed by atoms with Crippen molar-refractivity contribution in [2.75, 3.05) is 40.0 Å². The van der Waals surface area contributed by atoms with Crippen molar-refractivity contribution in [1.82, 2.24) is 10.2 Å². The second-order valence-corrected chi connectivity index (χ2v) is 8.68. The standard InChI is InChI=1S/C20H38N2O4/c1-20(2,3)26-19(23)21-18-10-6-5-8-16(18)14-22-11-7-9-17(15-22)25-13-12-24-4/h16-18H,5-15H2,1-4H3,(H,21,23)/t16?,17-,18?/m1/s1. The van der Waals surface area contributed by atoms with Crippen LogP contribution in [0.2, 0.25) is 0 Å². The van der Waals surface area contributed by atoms with E-state index in [4.69, 9.17) is 14.2 Å². The first-order chi connectivity index (χ1) is 12.4. The number of alkyl carbamates (subject to hydrolysis) is 1. The van der Waals surface area contributed by atoms with Crippen molar-refractivity contribution in [2.24, 2.45) is 5.92 Å². The lowest BCUT2D eigenvalue weighted by molar-refractivity contribution is -0.0257. The van der Waals surface area contributed by atoms with E-state index in [1.54, 1.807) is 7.11 Å². The van der Waals surface area contributed by atoms with Crippen molar-refractivity contribution in [2.45, 2.75) is 77.0 Å². The molecule has 2 unspecified atom stereocenters. The number of ether oxygens (including phenoxy) is 3. The van der Waals surface area contributed by atoms with Crippen LogP contribution in [0.15, 0.2) is 0 Å². The van der Waals surface area contributed by atoms with Crippen LogP contribution in [-0.2, 0) is 14.2 Å². The highest BCUT2D eigenvalue weighted by atomic mass is 16.6. The van der Waals surface area contributed by atoms with E-state index < -0.39 is 5.60 Å². The summed E-state index contributed by atoms with van der Waals surface area (Å²) in [6.07, 6.45) is 6.98. The molecule has 1 N–H and O–H groups in total. The Morgan fingerprint density at radius 1 is 1.12 bits per heavy atom. The van der Waals surface area contributed by atoms with Crippen LogP contribution in [0.3, 0.4) is 0 Å². The minimum Gasteiger partial charge on any atom is -0.444 e. The van der Waals surface area contributed by atoms with Crippen LogP contribution < -0.4 is 5.32 Å². The highest BCUT2D eigenvalue weighted by Crippen LogP contribution is 2.27. The van der Waals surface area contributed by atoms with E-state index in [1.165, 1.54) is 25.7 Å². The summed E-state index contributed by atoms with van der Waals surface area (Å²) in [6, 6.07) is 0.216. The highest BCUT2D eigenvalue weighted by molar-refractivity contribution is 5.68. The van der Waals surface area contributed by atoms with Gasteiger partial charge in [0.1, 0.15) is 5.60 Å². The molecule has 1 aliphatic heterocycles. The van der Waals surface area contributed by atoms with Gasteiger partial charge in [0, 0.05) is 26.2 Å². The molecule has 1 heterocycles. The number of methoxy groups -OCH3 is 1. The summed E-state index contributed by atoms with van der Waals surface area (Å²) in [6.45, 7) is 10.2. The van der Waals surface area contributed by atoms with E-state index in [1.807, 2.05) is 20.8 Å². The van der Waals surface area contributed by atoms with Gasteiger partial charge in [0.15, 0.2) is 0 Å². The summed E-state index contributed by atoms with van der Waals surface area (Å²) >= 11 is 0. The maximum atomic E-state index is 12.2. The molecule has 3 atom stereocenters. The van der Waals surface area contributed by atoms with Crippen LogP contribution in [0.1, 0.15) is 59.3 Å². The molecule has 0 spiro atoms.